The second-order valence-corrected chi connectivity index (χ2v) is 6.23. The Kier molecular flexibility index (Phi) is 4.76. The van der Waals surface area contributed by atoms with Crippen LogP contribution in [0.25, 0.3) is 0 Å². The van der Waals surface area contributed by atoms with Crippen LogP contribution in [-0.4, -0.2) is 12.1 Å². The lowest BCUT2D eigenvalue weighted by molar-refractivity contribution is 0.472. The fraction of sp³-hybridized carbons (Fsp3) is 0.625. The standard InChI is InChI=1S/C16H27N/c1-12(2)15(17-13(3)4)11-14-7-9-16(5,6)10-8-14/h7-9,13,15,17H,1,10-11H2,2-6H3. The van der Waals surface area contributed by atoms with Crippen molar-refractivity contribution in [3.8, 4) is 0 Å². The van der Waals surface area contributed by atoms with E-state index in [4.69, 9.17) is 0 Å². The van der Waals surface area contributed by atoms with Gasteiger partial charge in [0.2, 0.25) is 0 Å². The van der Waals surface area contributed by atoms with Gasteiger partial charge >= 0.3 is 0 Å². The zero-order valence-corrected chi connectivity index (χ0v) is 12.0. The molecule has 1 aliphatic rings. The Hall–Kier alpha value is -0.820. The molecular weight excluding hydrogens is 206 g/mol. The quantitative estimate of drug-likeness (QED) is 0.701. The first-order valence-electron chi connectivity index (χ1n) is 6.60. The van der Waals surface area contributed by atoms with Gasteiger partial charge in [-0.2, -0.15) is 0 Å². The molecule has 0 radical (unpaired) electrons. The van der Waals surface area contributed by atoms with Crippen LogP contribution in [0, 0.1) is 5.41 Å². The number of allylic oxidation sites excluding steroid dienone is 3. The summed E-state index contributed by atoms with van der Waals surface area (Å²) in [4.78, 5) is 0. The minimum absolute atomic E-state index is 0.327. The fourth-order valence-corrected chi connectivity index (χ4v) is 2.03. The maximum Gasteiger partial charge on any atom is 0.0316 e. The molecule has 0 aliphatic heterocycles. The molecule has 96 valence electrons. The molecule has 0 aromatic heterocycles. The van der Waals surface area contributed by atoms with Crippen molar-refractivity contribution in [2.24, 2.45) is 5.41 Å². The van der Waals surface area contributed by atoms with E-state index in [2.05, 4.69) is 64.7 Å². The minimum atomic E-state index is 0.327. The highest BCUT2D eigenvalue weighted by atomic mass is 14.9. The summed E-state index contributed by atoms with van der Waals surface area (Å²) in [7, 11) is 0. The Bertz CT molecular complexity index is 331. The number of hydrogen-bond donors (Lipinski definition) is 1. The van der Waals surface area contributed by atoms with Crippen molar-refractivity contribution in [2.45, 2.75) is 59.5 Å². The summed E-state index contributed by atoms with van der Waals surface area (Å²) in [6.07, 6.45) is 9.18. The predicted molar refractivity (Wildman–Crippen MR) is 77.1 cm³/mol. The van der Waals surface area contributed by atoms with Crippen LogP contribution in [-0.2, 0) is 0 Å². The SMILES string of the molecule is C=C(C)C(CC1=CCC(C)(C)C=C1)NC(C)C. The highest BCUT2D eigenvalue weighted by molar-refractivity contribution is 5.28. The van der Waals surface area contributed by atoms with Crippen molar-refractivity contribution in [3.63, 3.8) is 0 Å². The van der Waals surface area contributed by atoms with E-state index in [0.29, 0.717) is 17.5 Å². The Morgan fingerprint density at radius 3 is 2.53 bits per heavy atom. The van der Waals surface area contributed by atoms with Crippen LogP contribution in [0.15, 0.2) is 36.0 Å². The van der Waals surface area contributed by atoms with Crippen molar-refractivity contribution in [1.29, 1.82) is 0 Å². The molecule has 0 saturated carbocycles. The highest BCUT2D eigenvalue weighted by Crippen LogP contribution is 2.30. The summed E-state index contributed by atoms with van der Waals surface area (Å²) in [5, 5.41) is 3.57. The average molecular weight is 233 g/mol. The lowest BCUT2D eigenvalue weighted by Crippen LogP contribution is -2.35. The molecule has 1 aliphatic carbocycles. The second-order valence-electron chi connectivity index (χ2n) is 6.23. The summed E-state index contributed by atoms with van der Waals surface area (Å²) in [5.41, 5.74) is 2.98. The van der Waals surface area contributed by atoms with Crippen molar-refractivity contribution >= 4 is 0 Å². The molecule has 0 bridgehead atoms. The molecule has 0 aromatic carbocycles. The van der Waals surface area contributed by atoms with Crippen LogP contribution >= 0.6 is 0 Å². The molecule has 0 heterocycles. The fourth-order valence-electron chi connectivity index (χ4n) is 2.03. The lowest BCUT2D eigenvalue weighted by atomic mass is 9.82. The van der Waals surface area contributed by atoms with E-state index in [-0.39, 0.29) is 0 Å². The van der Waals surface area contributed by atoms with E-state index in [1.54, 1.807) is 0 Å². The Labute approximate surface area is 107 Å². The summed E-state index contributed by atoms with van der Waals surface area (Å²) in [6, 6.07) is 0.897. The Balaban J connectivity index is 2.61. The molecule has 1 heteroatoms. The van der Waals surface area contributed by atoms with E-state index in [1.807, 2.05) is 0 Å². The van der Waals surface area contributed by atoms with Crippen LogP contribution < -0.4 is 5.32 Å². The summed E-state index contributed by atoms with van der Waals surface area (Å²) >= 11 is 0. The molecule has 1 N–H and O–H groups in total. The molecule has 1 atom stereocenters. The Morgan fingerprint density at radius 1 is 1.47 bits per heavy atom. The van der Waals surface area contributed by atoms with Gasteiger partial charge < -0.3 is 5.32 Å². The second kappa shape index (κ2) is 5.68. The van der Waals surface area contributed by atoms with Crippen LogP contribution in [0.3, 0.4) is 0 Å². The summed E-state index contributed by atoms with van der Waals surface area (Å²) in [5.74, 6) is 0. The maximum absolute atomic E-state index is 4.09. The summed E-state index contributed by atoms with van der Waals surface area (Å²) < 4.78 is 0. The van der Waals surface area contributed by atoms with Crippen molar-refractivity contribution in [3.05, 3.63) is 36.0 Å². The summed E-state index contributed by atoms with van der Waals surface area (Å²) in [6.45, 7) is 15.1. The van der Waals surface area contributed by atoms with E-state index >= 15 is 0 Å². The highest BCUT2D eigenvalue weighted by Gasteiger charge is 2.18. The van der Waals surface area contributed by atoms with Gasteiger partial charge in [0.1, 0.15) is 0 Å². The number of hydrogen-bond acceptors (Lipinski definition) is 1. The first-order valence-corrected chi connectivity index (χ1v) is 6.60. The Morgan fingerprint density at radius 2 is 2.12 bits per heavy atom. The molecule has 17 heavy (non-hydrogen) atoms. The van der Waals surface area contributed by atoms with Gasteiger partial charge in [-0.1, -0.05) is 63.6 Å². The third-order valence-electron chi connectivity index (χ3n) is 3.21. The molecule has 1 unspecified atom stereocenters. The maximum atomic E-state index is 4.09. The molecule has 0 amide bonds. The van der Waals surface area contributed by atoms with Gasteiger partial charge in [-0.25, -0.2) is 0 Å². The molecule has 0 aromatic rings. The minimum Gasteiger partial charge on any atom is -0.308 e. The van der Waals surface area contributed by atoms with Gasteiger partial charge in [-0.3, -0.25) is 0 Å². The van der Waals surface area contributed by atoms with Crippen LogP contribution in [0.4, 0.5) is 0 Å². The van der Waals surface area contributed by atoms with E-state index < -0.39 is 0 Å². The average Bonchev–Trinajstić information content (AvgIpc) is 2.19. The van der Waals surface area contributed by atoms with Crippen molar-refractivity contribution < 1.29 is 0 Å². The normalized spacial score (nSPS) is 20.2. The van der Waals surface area contributed by atoms with E-state index in [0.717, 1.165) is 12.8 Å². The van der Waals surface area contributed by atoms with E-state index in [9.17, 15) is 0 Å². The van der Waals surface area contributed by atoms with Crippen LogP contribution in [0.1, 0.15) is 47.5 Å². The molecule has 0 saturated heterocycles. The molecule has 1 rings (SSSR count). The first-order chi connectivity index (χ1) is 7.80. The topological polar surface area (TPSA) is 12.0 Å². The van der Waals surface area contributed by atoms with Gasteiger partial charge in [0.15, 0.2) is 0 Å². The molecular formula is C16H27N. The van der Waals surface area contributed by atoms with Gasteiger partial charge in [0, 0.05) is 12.1 Å². The zero-order valence-electron chi connectivity index (χ0n) is 12.0. The van der Waals surface area contributed by atoms with Crippen molar-refractivity contribution in [2.75, 3.05) is 0 Å². The smallest absolute Gasteiger partial charge is 0.0316 e. The van der Waals surface area contributed by atoms with Gasteiger partial charge in [-0.15, -0.1) is 0 Å². The van der Waals surface area contributed by atoms with E-state index in [1.165, 1.54) is 11.1 Å². The van der Waals surface area contributed by atoms with Gasteiger partial charge in [-0.05, 0) is 25.2 Å². The van der Waals surface area contributed by atoms with Gasteiger partial charge in [0.05, 0.1) is 0 Å². The molecule has 0 spiro atoms. The predicted octanol–water partition coefficient (Wildman–Crippen LogP) is 4.23. The van der Waals surface area contributed by atoms with Gasteiger partial charge in [0.25, 0.3) is 0 Å². The molecule has 0 fully saturated rings. The van der Waals surface area contributed by atoms with Crippen LogP contribution in [0.5, 0.6) is 0 Å². The first kappa shape index (κ1) is 14.2. The third kappa shape index (κ3) is 4.91. The third-order valence-corrected chi connectivity index (χ3v) is 3.21. The number of rotatable bonds is 5. The van der Waals surface area contributed by atoms with Crippen LogP contribution in [0.2, 0.25) is 0 Å². The lowest BCUT2D eigenvalue weighted by Gasteiger charge is -2.26. The largest absolute Gasteiger partial charge is 0.308 e. The number of nitrogens with one attached hydrogen (secondary N) is 1. The zero-order chi connectivity index (χ0) is 13.1. The molecule has 1 nitrogen and oxygen atoms in total. The monoisotopic (exact) mass is 233 g/mol. The van der Waals surface area contributed by atoms with Crippen molar-refractivity contribution in [1.82, 2.24) is 5.32 Å².